The van der Waals surface area contributed by atoms with Crippen LogP contribution in [0.5, 0.6) is 0 Å². The maximum absolute atomic E-state index is 11.5. The average Bonchev–Trinajstić information content (AvgIpc) is 1.82. The Morgan fingerprint density at radius 2 is 1.13 bits per heavy atom. The van der Waals surface area contributed by atoms with Crippen molar-refractivity contribution in [2.75, 3.05) is 0 Å². The van der Waals surface area contributed by atoms with Crippen molar-refractivity contribution in [1.82, 2.24) is 0 Å². The first-order valence-corrected chi connectivity index (χ1v) is 4.08. The summed E-state index contributed by atoms with van der Waals surface area (Å²) in [7, 11) is -4.64. The van der Waals surface area contributed by atoms with E-state index in [0.29, 0.717) is 0 Å². The third-order valence-electron chi connectivity index (χ3n) is 0.537. The Bertz CT molecular complexity index is 249. The summed E-state index contributed by atoms with van der Waals surface area (Å²) in [5.74, 6) is -9.98. The van der Waals surface area contributed by atoms with Crippen LogP contribution in [-0.2, 0) is 14.2 Å². The minimum atomic E-state index is -4.67. The van der Waals surface area contributed by atoms with Crippen LogP contribution in [-0.4, -0.2) is 61.6 Å². The van der Waals surface area contributed by atoms with E-state index in [9.17, 15) is 18.4 Å². The van der Waals surface area contributed by atoms with Gasteiger partial charge in [-0.05, 0) is 0 Å². The third-order valence-corrected chi connectivity index (χ3v) is 0.537. The molecule has 0 rings (SSSR count). The molecule has 0 aromatic rings. The molecule has 0 unspecified atom stereocenters. The molecule has 0 aliphatic heterocycles. The molecule has 0 amide bonds. The number of rotatable bonds is 2. The number of hydrogen-bond acceptors (Lipinski definition) is 3. The zero-order valence-corrected chi connectivity index (χ0v) is 7.06. The molecule has 0 atom stereocenters. The van der Waals surface area contributed by atoms with E-state index >= 15 is 0 Å². The van der Waals surface area contributed by atoms with E-state index in [1.165, 1.54) is 0 Å². The predicted octanol–water partition coefficient (Wildman–Crippen LogP) is -1.79. The summed E-state index contributed by atoms with van der Waals surface area (Å²) in [5.41, 5.74) is 0. The summed E-state index contributed by atoms with van der Waals surface area (Å²) >= 11 is 0. The maximum atomic E-state index is 11.5. The topological polar surface area (TPSA) is 152 Å². The zero-order valence-electron chi connectivity index (χ0n) is 6.16. The predicted molar refractivity (Wildman–Crippen MR) is 41.6 cm³/mol. The van der Waals surface area contributed by atoms with E-state index in [0.717, 1.165) is 0 Å². The Morgan fingerprint density at radius 1 is 1.00 bits per heavy atom. The molecule has 0 aromatic carbocycles. The van der Waals surface area contributed by atoms with Crippen molar-refractivity contribution in [3.05, 3.63) is 0 Å². The molecule has 0 aromatic heterocycles. The van der Waals surface area contributed by atoms with E-state index < -0.39 is 25.7 Å². The van der Waals surface area contributed by atoms with Gasteiger partial charge in [-0.25, -0.2) is 14.2 Å². The Labute approximate surface area is 92.9 Å². The van der Waals surface area contributed by atoms with Gasteiger partial charge in [-0.3, -0.25) is 0 Å². The molecular formula is C3H6F2LiO8P. The number of aliphatic carboxylic acids is 2. The van der Waals surface area contributed by atoms with Gasteiger partial charge < -0.3 is 24.9 Å². The van der Waals surface area contributed by atoms with Crippen molar-refractivity contribution in [2.24, 2.45) is 0 Å². The van der Waals surface area contributed by atoms with Crippen LogP contribution in [0, 0.1) is 0 Å². The summed E-state index contributed by atoms with van der Waals surface area (Å²) in [4.78, 5) is 40.2. The Morgan fingerprint density at radius 3 is 1.13 bits per heavy atom. The number of halogens is 2. The van der Waals surface area contributed by atoms with Crippen LogP contribution >= 0.6 is 7.82 Å². The molecule has 5 N–H and O–H groups in total. The number of hydrogen-bond donors (Lipinski definition) is 5. The van der Waals surface area contributed by atoms with Gasteiger partial charge in [0.15, 0.2) is 0 Å². The summed E-state index contributed by atoms with van der Waals surface area (Å²) in [5, 5.41) is 15.0. The van der Waals surface area contributed by atoms with Crippen molar-refractivity contribution < 1.29 is 47.8 Å². The summed E-state index contributed by atoms with van der Waals surface area (Å²) in [6.07, 6.45) is 0. The number of phosphoric acid groups is 1. The molecule has 0 heterocycles. The SMILES string of the molecule is O=C(O)C(F)(F)C(=O)O.O=P(O)(O)O.[LiH]. The van der Waals surface area contributed by atoms with E-state index in [4.69, 9.17) is 29.5 Å². The van der Waals surface area contributed by atoms with Gasteiger partial charge in [0, 0.05) is 0 Å². The monoisotopic (exact) mass is 246 g/mol. The fourth-order valence-corrected chi connectivity index (χ4v) is 0.0915. The summed E-state index contributed by atoms with van der Waals surface area (Å²) in [6, 6.07) is 0. The van der Waals surface area contributed by atoms with Crippen LogP contribution < -0.4 is 0 Å². The molecule has 0 saturated carbocycles. The van der Waals surface area contributed by atoms with Crippen LogP contribution in [0.25, 0.3) is 0 Å². The molecule has 0 saturated heterocycles. The number of carboxylic acids is 2. The van der Waals surface area contributed by atoms with E-state index in [1.807, 2.05) is 0 Å². The third kappa shape index (κ3) is 13.5. The first-order valence-electron chi connectivity index (χ1n) is 2.52. The molecule has 12 heteroatoms. The van der Waals surface area contributed by atoms with E-state index in [-0.39, 0.29) is 18.9 Å². The second kappa shape index (κ2) is 6.89. The zero-order chi connectivity index (χ0) is 12.2. The van der Waals surface area contributed by atoms with Gasteiger partial charge in [0.1, 0.15) is 0 Å². The van der Waals surface area contributed by atoms with Gasteiger partial charge in [-0.2, -0.15) is 8.78 Å². The van der Waals surface area contributed by atoms with Gasteiger partial charge in [0.05, 0.1) is 0 Å². The number of carbonyl (C=O) groups is 2. The minimum absolute atomic E-state index is 0. The first-order chi connectivity index (χ1) is 5.89. The van der Waals surface area contributed by atoms with Crippen LogP contribution in [0.4, 0.5) is 8.78 Å². The van der Waals surface area contributed by atoms with Crippen molar-refractivity contribution in [3.63, 3.8) is 0 Å². The van der Waals surface area contributed by atoms with Gasteiger partial charge in [-0.1, -0.05) is 0 Å². The molecule has 0 spiro atoms. The Kier molecular flexibility index (Phi) is 9.19. The molecule has 0 fully saturated rings. The second-order valence-electron chi connectivity index (χ2n) is 1.70. The molecular weight excluding hydrogens is 240 g/mol. The average molecular weight is 246 g/mol. The van der Waals surface area contributed by atoms with Crippen LogP contribution in [0.15, 0.2) is 0 Å². The van der Waals surface area contributed by atoms with E-state index in [2.05, 4.69) is 0 Å². The quantitative estimate of drug-likeness (QED) is 0.217. The molecule has 86 valence electrons. The summed E-state index contributed by atoms with van der Waals surface area (Å²) in [6.45, 7) is 0. The van der Waals surface area contributed by atoms with Gasteiger partial charge in [-0.15, -0.1) is 0 Å². The number of carboxylic acid groups (broad SMARTS) is 2. The Hall–Kier alpha value is -0.493. The van der Waals surface area contributed by atoms with Crippen molar-refractivity contribution in [1.29, 1.82) is 0 Å². The van der Waals surface area contributed by atoms with Gasteiger partial charge in [0.2, 0.25) is 0 Å². The molecule has 0 aliphatic rings. The van der Waals surface area contributed by atoms with Crippen molar-refractivity contribution in [2.45, 2.75) is 5.92 Å². The van der Waals surface area contributed by atoms with Crippen LogP contribution in [0.1, 0.15) is 0 Å². The standard InChI is InChI=1S/C3H2F2O4.Li.H3O4P.H/c4-3(5,1(6)7)2(8)9;;1-5(2,3)4;/h(H,6,7)(H,8,9);;(H3,1,2,3,4);. The molecule has 8 nitrogen and oxygen atoms in total. The molecule has 0 bridgehead atoms. The molecule has 15 heavy (non-hydrogen) atoms. The van der Waals surface area contributed by atoms with Crippen LogP contribution in [0.2, 0.25) is 0 Å². The van der Waals surface area contributed by atoms with Gasteiger partial charge in [0.25, 0.3) is 0 Å². The van der Waals surface area contributed by atoms with Crippen molar-refractivity contribution in [3.8, 4) is 0 Å². The van der Waals surface area contributed by atoms with Gasteiger partial charge >= 0.3 is 44.5 Å². The first kappa shape index (κ1) is 20.0. The molecule has 0 radical (unpaired) electrons. The fourth-order valence-electron chi connectivity index (χ4n) is 0.0915. The fraction of sp³-hybridized carbons (Fsp3) is 0.333. The van der Waals surface area contributed by atoms with Crippen LogP contribution in [0.3, 0.4) is 0 Å². The normalized spacial score (nSPS) is 10.5. The Balaban J connectivity index is -0.000000208. The molecule has 0 aliphatic carbocycles. The van der Waals surface area contributed by atoms with E-state index in [1.54, 1.807) is 0 Å². The second-order valence-corrected chi connectivity index (χ2v) is 2.72. The number of alkyl halides is 2. The van der Waals surface area contributed by atoms with Crippen molar-refractivity contribution >= 4 is 38.6 Å². The summed E-state index contributed by atoms with van der Waals surface area (Å²) < 4.78 is 31.8.